The summed E-state index contributed by atoms with van der Waals surface area (Å²) in [7, 11) is 0. The van der Waals surface area contributed by atoms with E-state index in [1.54, 1.807) is 48.5 Å². The summed E-state index contributed by atoms with van der Waals surface area (Å²) < 4.78 is 5.48. The molecule has 1 aromatic heterocycles. The first-order chi connectivity index (χ1) is 12.1. The van der Waals surface area contributed by atoms with Gasteiger partial charge in [-0.3, -0.25) is 0 Å². The van der Waals surface area contributed by atoms with Gasteiger partial charge in [-0.2, -0.15) is 10.1 Å². The van der Waals surface area contributed by atoms with Gasteiger partial charge in [0.1, 0.15) is 18.5 Å². The third kappa shape index (κ3) is 4.53. The third-order valence-electron chi connectivity index (χ3n) is 3.36. The Morgan fingerprint density at radius 3 is 2.56 bits per heavy atom. The number of halogens is 1. The van der Waals surface area contributed by atoms with Gasteiger partial charge in [-0.1, -0.05) is 11.6 Å². The Balaban J connectivity index is 1.55. The molecule has 3 aromatic rings. The maximum Gasteiger partial charge on any atom is 0.204 e. The molecule has 126 valence electrons. The molecule has 0 bridgehead atoms. The Labute approximate surface area is 149 Å². The summed E-state index contributed by atoms with van der Waals surface area (Å²) in [5.74, 6) is 1.03. The lowest BCUT2D eigenvalue weighted by Crippen LogP contribution is -2.24. The highest BCUT2D eigenvalue weighted by atomic mass is 35.5. The first kappa shape index (κ1) is 16.9. The molecule has 25 heavy (non-hydrogen) atoms. The molecule has 0 saturated carbocycles. The molecule has 0 amide bonds. The van der Waals surface area contributed by atoms with E-state index in [4.69, 9.17) is 21.6 Å². The van der Waals surface area contributed by atoms with Gasteiger partial charge in [0.25, 0.3) is 0 Å². The van der Waals surface area contributed by atoms with Crippen LogP contribution in [0.1, 0.15) is 5.56 Å². The van der Waals surface area contributed by atoms with Crippen LogP contribution in [0.15, 0.2) is 48.5 Å². The second kappa shape index (κ2) is 7.75. The van der Waals surface area contributed by atoms with E-state index >= 15 is 0 Å². The van der Waals surface area contributed by atoms with Gasteiger partial charge in [0.2, 0.25) is 5.82 Å². The zero-order chi connectivity index (χ0) is 17.6. The number of benzene rings is 2. The topological polar surface area (TPSA) is 96.8 Å². The van der Waals surface area contributed by atoms with Crippen LogP contribution in [0.2, 0.25) is 5.02 Å². The van der Waals surface area contributed by atoms with E-state index in [0.717, 1.165) is 5.56 Å². The third-order valence-corrected chi connectivity index (χ3v) is 3.61. The van der Waals surface area contributed by atoms with E-state index in [9.17, 15) is 5.11 Å². The van der Waals surface area contributed by atoms with Crippen LogP contribution >= 0.6 is 11.6 Å². The Morgan fingerprint density at radius 2 is 1.88 bits per heavy atom. The zero-order valence-electron chi connectivity index (χ0n) is 13.1. The van der Waals surface area contributed by atoms with Gasteiger partial charge in [0.15, 0.2) is 0 Å². The Hall–Kier alpha value is -2.95. The number of hydrogen-bond acceptors (Lipinski definition) is 6. The highest BCUT2D eigenvalue weighted by Gasteiger charge is 2.11. The van der Waals surface area contributed by atoms with E-state index < -0.39 is 6.10 Å². The van der Waals surface area contributed by atoms with Crippen molar-refractivity contribution in [1.29, 1.82) is 5.26 Å². The average Bonchev–Trinajstić information content (AvgIpc) is 3.09. The molecule has 0 aliphatic rings. The molecule has 0 spiro atoms. The van der Waals surface area contributed by atoms with Crippen molar-refractivity contribution in [1.82, 2.24) is 20.2 Å². The molecule has 3 rings (SSSR count). The highest BCUT2D eigenvalue weighted by Crippen LogP contribution is 2.17. The summed E-state index contributed by atoms with van der Waals surface area (Å²) in [5, 5.41) is 31.6. The Bertz CT molecular complexity index is 871. The maximum absolute atomic E-state index is 10.1. The minimum absolute atomic E-state index is 0.0731. The van der Waals surface area contributed by atoms with Gasteiger partial charge in [-0.05, 0) is 53.7 Å². The first-order valence-electron chi connectivity index (χ1n) is 7.49. The molecule has 0 aliphatic carbocycles. The van der Waals surface area contributed by atoms with Crippen LogP contribution < -0.4 is 4.74 Å². The van der Waals surface area contributed by atoms with E-state index in [-0.39, 0.29) is 13.2 Å². The number of aliphatic hydroxyl groups is 1. The van der Waals surface area contributed by atoms with E-state index in [1.807, 2.05) is 6.07 Å². The van der Waals surface area contributed by atoms with Gasteiger partial charge in [-0.25, -0.2) is 0 Å². The van der Waals surface area contributed by atoms with Crippen molar-refractivity contribution in [2.75, 3.05) is 6.61 Å². The number of nitriles is 1. The van der Waals surface area contributed by atoms with Crippen LogP contribution in [-0.4, -0.2) is 38.0 Å². The summed E-state index contributed by atoms with van der Waals surface area (Å²) >= 11 is 5.85. The monoisotopic (exact) mass is 355 g/mol. The van der Waals surface area contributed by atoms with Crippen molar-refractivity contribution >= 4 is 11.6 Å². The summed E-state index contributed by atoms with van der Waals surface area (Å²) in [6.07, 6.45) is -0.803. The standard InChI is InChI=1S/C17H14ClN5O2/c18-14-5-3-13(4-6-14)17-20-22-23(21-17)10-15(24)11-25-16-7-1-12(9-19)2-8-16/h1-8,15,24H,10-11H2/t15-/m1/s1. The summed E-state index contributed by atoms with van der Waals surface area (Å²) in [6.45, 7) is 0.223. The molecule has 0 fully saturated rings. The fourth-order valence-corrected chi connectivity index (χ4v) is 2.22. The Kier molecular flexibility index (Phi) is 5.23. The fraction of sp³-hybridized carbons (Fsp3) is 0.176. The Morgan fingerprint density at radius 1 is 1.16 bits per heavy atom. The van der Waals surface area contributed by atoms with Crippen LogP contribution in [0.3, 0.4) is 0 Å². The van der Waals surface area contributed by atoms with E-state index in [2.05, 4.69) is 15.4 Å². The van der Waals surface area contributed by atoms with Gasteiger partial charge >= 0.3 is 0 Å². The second-order valence-electron chi connectivity index (χ2n) is 5.28. The van der Waals surface area contributed by atoms with Crippen molar-refractivity contribution in [2.24, 2.45) is 0 Å². The lowest BCUT2D eigenvalue weighted by molar-refractivity contribution is 0.0850. The molecule has 0 radical (unpaired) electrons. The zero-order valence-corrected chi connectivity index (χ0v) is 13.8. The average molecular weight is 356 g/mol. The molecule has 8 heteroatoms. The number of nitrogens with zero attached hydrogens (tertiary/aromatic N) is 5. The van der Waals surface area contributed by atoms with Gasteiger partial charge < -0.3 is 9.84 Å². The maximum atomic E-state index is 10.1. The molecule has 1 heterocycles. The van der Waals surface area contributed by atoms with Gasteiger partial charge in [0.05, 0.1) is 18.2 Å². The van der Waals surface area contributed by atoms with Crippen LogP contribution in [0.4, 0.5) is 0 Å². The van der Waals surface area contributed by atoms with Crippen molar-refractivity contribution < 1.29 is 9.84 Å². The van der Waals surface area contributed by atoms with Crippen LogP contribution in [0.25, 0.3) is 11.4 Å². The SMILES string of the molecule is N#Cc1ccc(OC[C@H](O)Cn2nnc(-c3ccc(Cl)cc3)n2)cc1. The van der Waals surface area contributed by atoms with Crippen LogP contribution in [-0.2, 0) is 6.54 Å². The van der Waals surface area contributed by atoms with Crippen LogP contribution in [0, 0.1) is 11.3 Å². The minimum atomic E-state index is -0.803. The molecular weight excluding hydrogens is 342 g/mol. The number of aromatic nitrogens is 4. The summed E-state index contributed by atoms with van der Waals surface area (Å²) in [4.78, 5) is 1.32. The van der Waals surface area contributed by atoms with Crippen molar-refractivity contribution in [2.45, 2.75) is 12.6 Å². The van der Waals surface area contributed by atoms with E-state index in [0.29, 0.717) is 22.2 Å². The molecule has 2 aromatic carbocycles. The fourth-order valence-electron chi connectivity index (χ4n) is 2.09. The summed E-state index contributed by atoms with van der Waals surface area (Å²) in [5.41, 5.74) is 1.34. The molecule has 1 N–H and O–H groups in total. The van der Waals surface area contributed by atoms with Gasteiger partial charge in [0, 0.05) is 10.6 Å². The largest absolute Gasteiger partial charge is 0.491 e. The van der Waals surface area contributed by atoms with Crippen molar-refractivity contribution in [3.8, 4) is 23.2 Å². The lowest BCUT2D eigenvalue weighted by atomic mass is 10.2. The van der Waals surface area contributed by atoms with Crippen LogP contribution in [0.5, 0.6) is 5.75 Å². The van der Waals surface area contributed by atoms with Crippen molar-refractivity contribution in [3.63, 3.8) is 0 Å². The molecule has 7 nitrogen and oxygen atoms in total. The number of aliphatic hydroxyl groups excluding tert-OH is 1. The normalized spacial score (nSPS) is 11.7. The number of tetrazole rings is 1. The number of rotatable bonds is 6. The molecule has 0 saturated heterocycles. The predicted molar refractivity (Wildman–Crippen MR) is 90.9 cm³/mol. The lowest BCUT2D eigenvalue weighted by Gasteiger charge is -2.11. The highest BCUT2D eigenvalue weighted by molar-refractivity contribution is 6.30. The molecule has 0 aliphatic heterocycles. The van der Waals surface area contributed by atoms with Crippen molar-refractivity contribution in [3.05, 3.63) is 59.1 Å². The second-order valence-corrected chi connectivity index (χ2v) is 5.71. The first-order valence-corrected chi connectivity index (χ1v) is 7.86. The van der Waals surface area contributed by atoms with E-state index in [1.165, 1.54) is 4.80 Å². The molecule has 1 atom stereocenters. The summed E-state index contributed by atoms with van der Waals surface area (Å²) in [6, 6.07) is 15.8. The number of hydrogen-bond donors (Lipinski definition) is 1. The number of ether oxygens (including phenoxy) is 1. The molecular formula is C17H14ClN5O2. The molecule has 0 unspecified atom stereocenters. The smallest absolute Gasteiger partial charge is 0.204 e. The quantitative estimate of drug-likeness (QED) is 0.728. The minimum Gasteiger partial charge on any atom is -0.491 e. The van der Waals surface area contributed by atoms with Gasteiger partial charge in [-0.15, -0.1) is 10.2 Å². The predicted octanol–water partition coefficient (Wildman–Crippen LogP) is 2.31.